The van der Waals surface area contributed by atoms with Crippen molar-refractivity contribution in [2.45, 2.75) is 19.3 Å². The molecule has 7 heteroatoms. The van der Waals surface area contributed by atoms with Crippen molar-refractivity contribution in [2.24, 2.45) is 10.8 Å². The Morgan fingerprint density at radius 2 is 2.00 bits per heavy atom. The fourth-order valence-electron chi connectivity index (χ4n) is 2.67. The van der Waals surface area contributed by atoms with E-state index in [1.54, 1.807) is 23.3 Å². The van der Waals surface area contributed by atoms with Crippen LogP contribution in [0.1, 0.15) is 19.3 Å². The Kier molecular flexibility index (Phi) is 3.64. The van der Waals surface area contributed by atoms with E-state index in [1.807, 2.05) is 4.90 Å². The predicted molar refractivity (Wildman–Crippen MR) is 77.7 cm³/mol. The summed E-state index contributed by atoms with van der Waals surface area (Å²) in [7, 11) is 0. The molecule has 0 aromatic rings. The molecule has 0 aromatic heterocycles. The second-order valence-electron chi connectivity index (χ2n) is 5.44. The van der Waals surface area contributed by atoms with Crippen LogP contribution in [-0.4, -0.2) is 58.6 Å². The summed E-state index contributed by atoms with van der Waals surface area (Å²) in [5.74, 6) is 0.411. The van der Waals surface area contributed by atoms with E-state index in [-0.39, 0.29) is 24.9 Å². The molecule has 1 fully saturated rings. The van der Waals surface area contributed by atoms with Gasteiger partial charge < -0.3 is 15.5 Å². The minimum atomic E-state index is -0.191. The van der Waals surface area contributed by atoms with E-state index in [2.05, 4.69) is 5.10 Å². The molecule has 112 valence electrons. The minimum Gasteiger partial charge on any atom is -0.398 e. The van der Waals surface area contributed by atoms with E-state index >= 15 is 0 Å². The molecule has 3 aliphatic rings. The van der Waals surface area contributed by atoms with Gasteiger partial charge in [-0.15, -0.1) is 0 Å². The van der Waals surface area contributed by atoms with E-state index in [9.17, 15) is 9.59 Å². The van der Waals surface area contributed by atoms with Gasteiger partial charge >= 0.3 is 0 Å². The van der Waals surface area contributed by atoms with Crippen molar-refractivity contribution < 1.29 is 9.59 Å². The first-order valence-electron chi connectivity index (χ1n) is 7.22. The molecular formula is C14H19N5O2. The fourth-order valence-corrected chi connectivity index (χ4v) is 2.67. The molecule has 0 unspecified atom stereocenters. The van der Waals surface area contributed by atoms with E-state index in [0.29, 0.717) is 11.5 Å². The Hall–Kier alpha value is -2.31. The highest BCUT2D eigenvalue weighted by Crippen LogP contribution is 2.14. The lowest BCUT2D eigenvalue weighted by Crippen LogP contribution is -2.49. The summed E-state index contributed by atoms with van der Waals surface area (Å²) in [6, 6.07) is 0. The van der Waals surface area contributed by atoms with Gasteiger partial charge in [0.1, 0.15) is 13.1 Å². The van der Waals surface area contributed by atoms with Gasteiger partial charge in [-0.2, -0.15) is 5.10 Å². The highest BCUT2D eigenvalue weighted by Gasteiger charge is 2.29. The van der Waals surface area contributed by atoms with Crippen LogP contribution in [0, 0.1) is 0 Å². The molecule has 3 aliphatic heterocycles. The van der Waals surface area contributed by atoms with Gasteiger partial charge in [-0.1, -0.05) is 0 Å². The zero-order valence-corrected chi connectivity index (χ0v) is 11.9. The Balaban J connectivity index is 1.68. The summed E-state index contributed by atoms with van der Waals surface area (Å²) in [6.45, 7) is 1.74. The van der Waals surface area contributed by atoms with Gasteiger partial charge in [0.2, 0.25) is 5.91 Å². The predicted octanol–water partition coefficient (Wildman–Crippen LogP) is -0.173. The van der Waals surface area contributed by atoms with Gasteiger partial charge in [-0.3, -0.25) is 9.59 Å². The molecule has 0 aromatic carbocycles. The van der Waals surface area contributed by atoms with E-state index in [0.717, 1.165) is 25.9 Å². The van der Waals surface area contributed by atoms with Gasteiger partial charge in [-0.05, 0) is 31.4 Å². The second kappa shape index (κ2) is 5.59. The van der Waals surface area contributed by atoms with Crippen molar-refractivity contribution in [3.05, 3.63) is 24.0 Å². The minimum absolute atomic E-state index is 0.0171. The highest BCUT2D eigenvalue weighted by atomic mass is 16.2. The number of nitrogens with zero attached hydrogens (tertiary/aromatic N) is 4. The van der Waals surface area contributed by atoms with Crippen molar-refractivity contribution in [3.8, 4) is 0 Å². The number of carbonyl (C=O) groups is 2. The van der Waals surface area contributed by atoms with Crippen LogP contribution in [0.5, 0.6) is 0 Å². The number of allylic oxidation sites excluding steroid dienone is 1. The summed E-state index contributed by atoms with van der Waals surface area (Å²) in [6.07, 6.45) is 8.41. The summed E-state index contributed by atoms with van der Waals surface area (Å²) in [5.41, 5.74) is 6.27. The maximum absolute atomic E-state index is 12.2. The van der Waals surface area contributed by atoms with E-state index < -0.39 is 0 Å². The largest absolute Gasteiger partial charge is 0.398 e. The van der Waals surface area contributed by atoms with Crippen LogP contribution >= 0.6 is 0 Å². The van der Waals surface area contributed by atoms with Gasteiger partial charge in [0.15, 0.2) is 5.84 Å². The lowest BCUT2D eigenvalue weighted by Gasteiger charge is -2.33. The summed E-state index contributed by atoms with van der Waals surface area (Å²) in [5, 5.41) is 5.51. The van der Waals surface area contributed by atoms with Crippen molar-refractivity contribution in [3.63, 3.8) is 0 Å². The van der Waals surface area contributed by atoms with Crippen LogP contribution in [0.3, 0.4) is 0 Å². The van der Waals surface area contributed by atoms with Gasteiger partial charge in [0, 0.05) is 25.0 Å². The van der Waals surface area contributed by atoms with Crippen LogP contribution in [-0.2, 0) is 9.59 Å². The number of rotatable bonds is 2. The zero-order valence-electron chi connectivity index (χ0n) is 11.9. The maximum atomic E-state index is 12.2. The first kappa shape index (κ1) is 13.7. The van der Waals surface area contributed by atoms with Crippen LogP contribution < -0.4 is 5.73 Å². The SMILES string of the molecule is NC1=CN2CC(=O)N(CC(=O)N3CCCCC3)N=C2C=C1. The van der Waals surface area contributed by atoms with Crippen molar-refractivity contribution >= 4 is 17.6 Å². The molecule has 0 bridgehead atoms. The third-order valence-corrected chi connectivity index (χ3v) is 3.83. The first-order chi connectivity index (χ1) is 10.1. The molecule has 3 rings (SSSR count). The number of amidine groups is 1. The number of hydrogen-bond donors (Lipinski definition) is 1. The quantitative estimate of drug-likeness (QED) is 0.765. The van der Waals surface area contributed by atoms with Crippen LogP contribution in [0.4, 0.5) is 0 Å². The molecule has 0 aliphatic carbocycles. The van der Waals surface area contributed by atoms with Crippen LogP contribution in [0.15, 0.2) is 29.2 Å². The molecule has 2 N–H and O–H groups in total. The molecule has 0 saturated carbocycles. The van der Waals surface area contributed by atoms with Gasteiger partial charge in [0.25, 0.3) is 5.91 Å². The maximum Gasteiger partial charge on any atom is 0.263 e. The standard InChI is InChI=1S/C14H19N5O2/c15-11-4-5-12-16-19(14(21)9-18(12)8-11)10-13(20)17-6-2-1-3-7-17/h4-5,8H,1-3,6-7,9-10,15H2. The molecular weight excluding hydrogens is 270 g/mol. The number of piperidine rings is 1. The fraction of sp³-hybridized carbons (Fsp3) is 0.500. The average molecular weight is 289 g/mol. The third-order valence-electron chi connectivity index (χ3n) is 3.83. The second-order valence-corrected chi connectivity index (χ2v) is 5.44. The Morgan fingerprint density at radius 1 is 1.24 bits per heavy atom. The smallest absolute Gasteiger partial charge is 0.263 e. The number of nitrogens with two attached hydrogens (primary N) is 1. The zero-order chi connectivity index (χ0) is 14.8. The summed E-state index contributed by atoms with van der Waals surface area (Å²) in [4.78, 5) is 27.8. The van der Waals surface area contributed by atoms with Crippen molar-refractivity contribution in [1.82, 2.24) is 14.8 Å². The molecule has 1 saturated heterocycles. The summed E-state index contributed by atoms with van der Waals surface area (Å²) < 4.78 is 0. The van der Waals surface area contributed by atoms with Gasteiger partial charge in [-0.25, -0.2) is 5.01 Å². The lowest BCUT2D eigenvalue weighted by atomic mass is 10.1. The Morgan fingerprint density at radius 3 is 2.76 bits per heavy atom. The number of fused-ring (bicyclic) bond motifs is 1. The Labute approximate surface area is 123 Å². The lowest BCUT2D eigenvalue weighted by molar-refractivity contribution is -0.141. The molecule has 21 heavy (non-hydrogen) atoms. The monoisotopic (exact) mass is 289 g/mol. The van der Waals surface area contributed by atoms with E-state index in [4.69, 9.17) is 5.73 Å². The summed E-state index contributed by atoms with van der Waals surface area (Å²) >= 11 is 0. The van der Waals surface area contributed by atoms with E-state index in [1.165, 1.54) is 11.4 Å². The number of hydrazone groups is 1. The van der Waals surface area contributed by atoms with Gasteiger partial charge in [0.05, 0.1) is 0 Å². The molecule has 0 spiro atoms. The van der Waals surface area contributed by atoms with Crippen LogP contribution in [0.2, 0.25) is 0 Å². The molecule has 3 heterocycles. The van der Waals surface area contributed by atoms with Crippen molar-refractivity contribution in [1.29, 1.82) is 0 Å². The molecule has 0 radical (unpaired) electrons. The number of carbonyl (C=O) groups excluding carboxylic acids is 2. The topological polar surface area (TPSA) is 82.2 Å². The Bertz CT molecular complexity index is 546. The molecule has 7 nitrogen and oxygen atoms in total. The highest BCUT2D eigenvalue weighted by molar-refractivity contribution is 6.01. The molecule has 0 atom stereocenters. The average Bonchev–Trinajstić information content (AvgIpc) is 2.49. The third kappa shape index (κ3) is 2.91. The number of likely N-dealkylation sites (tertiary alicyclic amines) is 1. The van der Waals surface area contributed by atoms with Crippen molar-refractivity contribution in [2.75, 3.05) is 26.2 Å². The number of amides is 2. The van der Waals surface area contributed by atoms with Crippen LogP contribution in [0.25, 0.3) is 0 Å². The molecule has 2 amide bonds. The number of hydrogen-bond acceptors (Lipinski definition) is 5. The normalized spacial score (nSPS) is 21.9. The first-order valence-corrected chi connectivity index (χ1v) is 7.22.